The number of aliphatic carboxylic acids is 1. The fourth-order valence-corrected chi connectivity index (χ4v) is 1.63. The lowest BCUT2D eigenvalue weighted by Gasteiger charge is -2.11. The second kappa shape index (κ2) is 5.56. The van der Waals surface area contributed by atoms with E-state index < -0.39 is 5.97 Å². The third-order valence-corrected chi connectivity index (χ3v) is 2.45. The van der Waals surface area contributed by atoms with Crippen LogP contribution < -0.4 is 5.32 Å². The lowest BCUT2D eigenvalue weighted by molar-refractivity contribution is -0.131. The summed E-state index contributed by atoms with van der Waals surface area (Å²) in [6.45, 7) is 4.18. The van der Waals surface area contributed by atoms with Gasteiger partial charge in [0.1, 0.15) is 0 Å². The molecule has 0 unspecified atom stereocenters. The molecular formula is C12H14ClNO2. The number of para-hydroxylation sites is 1. The molecule has 3 nitrogen and oxygen atoms in total. The topological polar surface area (TPSA) is 49.3 Å². The fourth-order valence-electron chi connectivity index (χ4n) is 1.35. The molecule has 0 atom stereocenters. The summed E-state index contributed by atoms with van der Waals surface area (Å²) in [6.07, 6.45) is 1.18. The number of halogens is 1. The molecule has 0 aliphatic heterocycles. The minimum atomic E-state index is -0.935. The largest absolute Gasteiger partial charge is 0.478 e. The highest BCUT2D eigenvalue weighted by Crippen LogP contribution is 2.25. The molecule has 0 heterocycles. The van der Waals surface area contributed by atoms with Gasteiger partial charge in [0.2, 0.25) is 0 Å². The van der Waals surface area contributed by atoms with E-state index in [1.807, 2.05) is 19.1 Å². The van der Waals surface area contributed by atoms with E-state index in [9.17, 15) is 4.79 Å². The molecule has 0 saturated heterocycles. The molecule has 0 aliphatic rings. The molecular weight excluding hydrogens is 226 g/mol. The van der Waals surface area contributed by atoms with E-state index in [-0.39, 0.29) is 0 Å². The first kappa shape index (κ1) is 12.6. The van der Waals surface area contributed by atoms with Gasteiger partial charge in [-0.2, -0.15) is 0 Å². The third-order valence-electron chi connectivity index (χ3n) is 2.14. The van der Waals surface area contributed by atoms with Crippen molar-refractivity contribution in [3.8, 4) is 0 Å². The Morgan fingerprint density at radius 3 is 2.81 bits per heavy atom. The highest BCUT2D eigenvalue weighted by Gasteiger charge is 2.03. The molecule has 1 aromatic carbocycles. The van der Waals surface area contributed by atoms with Gasteiger partial charge < -0.3 is 10.4 Å². The number of aryl methyl sites for hydroxylation is 1. The van der Waals surface area contributed by atoms with Gasteiger partial charge in [0.15, 0.2) is 0 Å². The molecule has 4 heteroatoms. The highest BCUT2D eigenvalue weighted by molar-refractivity contribution is 6.33. The van der Waals surface area contributed by atoms with Crippen molar-refractivity contribution in [1.82, 2.24) is 0 Å². The first-order valence-corrected chi connectivity index (χ1v) is 5.27. The Balaban J connectivity index is 2.72. The SMILES string of the molecule is C/C(=C/C(=O)O)CNc1c(C)cccc1Cl. The Hall–Kier alpha value is -1.48. The Labute approximate surface area is 99.7 Å². The summed E-state index contributed by atoms with van der Waals surface area (Å²) in [5, 5.41) is 12.3. The van der Waals surface area contributed by atoms with Crippen LogP contribution in [0.5, 0.6) is 0 Å². The number of carbonyl (C=O) groups is 1. The maximum absolute atomic E-state index is 10.4. The maximum atomic E-state index is 10.4. The van der Waals surface area contributed by atoms with E-state index in [0.717, 1.165) is 16.8 Å². The van der Waals surface area contributed by atoms with Crippen molar-refractivity contribution in [1.29, 1.82) is 0 Å². The first-order valence-electron chi connectivity index (χ1n) is 4.90. The van der Waals surface area contributed by atoms with E-state index in [1.54, 1.807) is 13.0 Å². The van der Waals surface area contributed by atoms with E-state index in [4.69, 9.17) is 16.7 Å². The predicted octanol–water partition coefficient (Wildman–Crippen LogP) is 3.09. The zero-order valence-electron chi connectivity index (χ0n) is 9.25. The lowest BCUT2D eigenvalue weighted by atomic mass is 10.2. The molecule has 0 radical (unpaired) electrons. The van der Waals surface area contributed by atoms with Crippen LogP contribution in [0.15, 0.2) is 29.8 Å². The van der Waals surface area contributed by atoms with Gasteiger partial charge in [-0.3, -0.25) is 0 Å². The predicted molar refractivity (Wildman–Crippen MR) is 66.1 cm³/mol. The van der Waals surface area contributed by atoms with E-state index in [1.165, 1.54) is 6.08 Å². The second-order valence-electron chi connectivity index (χ2n) is 3.61. The first-order chi connectivity index (χ1) is 7.50. The number of nitrogens with one attached hydrogen (secondary N) is 1. The molecule has 0 saturated carbocycles. The van der Waals surface area contributed by atoms with E-state index in [0.29, 0.717) is 11.6 Å². The Kier molecular flexibility index (Phi) is 4.38. The van der Waals surface area contributed by atoms with Crippen LogP contribution in [-0.4, -0.2) is 17.6 Å². The normalized spacial score (nSPS) is 11.3. The van der Waals surface area contributed by atoms with Crippen molar-refractivity contribution >= 4 is 23.3 Å². The number of hydrogen-bond donors (Lipinski definition) is 2. The smallest absolute Gasteiger partial charge is 0.328 e. The van der Waals surface area contributed by atoms with Crippen molar-refractivity contribution < 1.29 is 9.90 Å². The molecule has 0 fully saturated rings. The third kappa shape index (κ3) is 3.59. The summed E-state index contributed by atoms with van der Waals surface area (Å²) in [7, 11) is 0. The Morgan fingerprint density at radius 1 is 1.56 bits per heavy atom. The van der Waals surface area contributed by atoms with Crippen LogP contribution >= 0.6 is 11.6 Å². The molecule has 1 aromatic rings. The fraction of sp³-hybridized carbons (Fsp3) is 0.250. The van der Waals surface area contributed by atoms with Crippen LogP contribution in [0.25, 0.3) is 0 Å². The molecule has 2 N–H and O–H groups in total. The molecule has 86 valence electrons. The highest BCUT2D eigenvalue weighted by atomic mass is 35.5. The molecule has 16 heavy (non-hydrogen) atoms. The van der Waals surface area contributed by atoms with Gasteiger partial charge in [-0.05, 0) is 31.1 Å². The Bertz CT molecular complexity index is 407. The number of anilines is 1. The summed E-state index contributed by atoms with van der Waals surface area (Å²) in [5.41, 5.74) is 2.63. The monoisotopic (exact) mass is 239 g/mol. The van der Waals surface area contributed by atoms with Gasteiger partial charge in [0.25, 0.3) is 0 Å². The van der Waals surface area contributed by atoms with Crippen molar-refractivity contribution in [2.75, 3.05) is 11.9 Å². The summed E-state index contributed by atoms with van der Waals surface area (Å²) >= 11 is 6.02. The van der Waals surface area contributed by atoms with Crippen molar-refractivity contribution in [2.24, 2.45) is 0 Å². The number of benzene rings is 1. The molecule has 1 rings (SSSR count). The molecule has 0 bridgehead atoms. The van der Waals surface area contributed by atoms with Gasteiger partial charge in [0, 0.05) is 12.6 Å². The zero-order chi connectivity index (χ0) is 12.1. The summed E-state index contributed by atoms with van der Waals surface area (Å²) in [5.74, 6) is -0.935. The van der Waals surface area contributed by atoms with Crippen molar-refractivity contribution in [3.05, 3.63) is 40.4 Å². The van der Waals surface area contributed by atoms with Gasteiger partial charge in [0.05, 0.1) is 10.7 Å². The summed E-state index contributed by atoms with van der Waals surface area (Å²) < 4.78 is 0. The average molecular weight is 240 g/mol. The van der Waals surface area contributed by atoms with Crippen LogP contribution in [0.1, 0.15) is 12.5 Å². The average Bonchev–Trinajstić information content (AvgIpc) is 2.15. The van der Waals surface area contributed by atoms with Crippen LogP contribution in [0.3, 0.4) is 0 Å². The van der Waals surface area contributed by atoms with Gasteiger partial charge in [-0.25, -0.2) is 4.79 Å². The minimum Gasteiger partial charge on any atom is -0.478 e. The standard InChI is InChI=1S/C12H14ClNO2/c1-8(6-11(15)16)7-14-12-9(2)4-3-5-10(12)13/h3-6,14H,7H2,1-2H3,(H,15,16)/b8-6-. The number of carboxylic acids is 1. The number of carboxylic acid groups (broad SMARTS) is 1. The molecule has 0 amide bonds. The minimum absolute atomic E-state index is 0.469. The second-order valence-corrected chi connectivity index (χ2v) is 4.02. The van der Waals surface area contributed by atoms with Gasteiger partial charge in [-0.15, -0.1) is 0 Å². The quantitative estimate of drug-likeness (QED) is 0.794. The number of hydrogen-bond acceptors (Lipinski definition) is 2. The summed E-state index contributed by atoms with van der Waals surface area (Å²) in [6, 6.07) is 5.63. The number of rotatable bonds is 4. The van der Waals surface area contributed by atoms with Crippen LogP contribution in [0.4, 0.5) is 5.69 Å². The van der Waals surface area contributed by atoms with Crippen molar-refractivity contribution in [2.45, 2.75) is 13.8 Å². The molecule has 0 spiro atoms. The zero-order valence-corrected chi connectivity index (χ0v) is 10.0. The summed E-state index contributed by atoms with van der Waals surface area (Å²) in [4.78, 5) is 10.4. The van der Waals surface area contributed by atoms with Crippen LogP contribution in [-0.2, 0) is 4.79 Å². The Morgan fingerprint density at radius 2 is 2.25 bits per heavy atom. The van der Waals surface area contributed by atoms with E-state index in [2.05, 4.69) is 5.32 Å². The molecule has 0 aliphatic carbocycles. The van der Waals surface area contributed by atoms with Crippen molar-refractivity contribution in [3.63, 3.8) is 0 Å². The van der Waals surface area contributed by atoms with E-state index >= 15 is 0 Å². The van der Waals surface area contributed by atoms with Gasteiger partial charge >= 0.3 is 5.97 Å². The maximum Gasteiger partial charge on any atom is 0.328 e. The molecule has 0 aromatic heterocycles. The van der Waals surface area contributed by atoms with Gasteiger partial charge in [-0.1, -0.05) is 23.7 Å². The lowest BCUT2D eigenvalue weighted by Crippen LogP contribution is -2.06. The van der Waals surface area contributed by atoms with Crippen LogP contribution in [0, 0.1) is 6.92 Å². The van der Waals surface area contributed by atoms with Crippen LogP contribution in [0.2, 0.25) is 5.02 Å².